The molecule has 1 aromatic rings. The molecule has 1 rings (SSSR count). The molecule has 0 amide bonds. The second-order valence-corrected chi connectivity index (χ2v) is 3.21. The maximum Gasteiger partial charge on any atom is 0.170 e. The standard InChI is InChI=1S/C9H8ClFN2O/c10-6-3-5(8(13)1-2-12)4-7(11)9(6)14/h3-4,8,14H,1,13H2/t8-/m0/s1. The van der Waals surface area contributed by atoms with Crippen LogP contribution in [0.3, 0.4) is 0 Å². The number of nitrogens with two attached hydrogens (primary N) is 1. The van der Waals surface area contributed by atoms with E-state index in [0.717, 1.165) is 6.07 Å². The molecule has 3 N–H and O–H groups in total. The lowest BCUT2D eigenvalue weighted by Crippen LogP contribution is -2.09. The second kappa shape index (κ2) is 4.27. The molecule has 0 saturated carbocycles. The van der Waals surface area contributed by atoms with Crippen molar-refractivity contribution in [1.29, 1.82) is 5.26 Å². The average Bonchev–Trinajstić information content (AvgIpc) is 2.13. The van der Waals surface area contributed by atoms with E-state index in [-0.39, 0.29) is 11.4 Å². The van der Waals surface area contributed by atoms with E-state index in [4.69, 9.17) is 27.7 Å². The highest BCUT2D eigenvalue weighted by Gasteiger charge is 2.12. The number of aromatic hydroxyl groups is 1. The van der Waals surface area contributed by atoms with Crippen LogP contribution >= 0.6 is 11.6 Å². The lowest BCUT2D eigenvalue weighted by molar-refractivity contribution is 0.431. The van der Waals surface area contributed by atoms with Gasteiger partial charge in [0.1, 0.15) is 0 Å². The summed E-state index contributed by atoms with van der Waals surface area (Å²) in [7, 11) is 0. The molecule has 0 saturated heterocycles. The van der Waals surface area contributed by atoms with Gasteiger partial charge in [-0.1, -0.05) is 11.6 Å². The van der Waals surface area contributed by atoms with Crippen LogP contribution in [0.5, 0.6) is 5.75 Å². The summed E-state index contributed by atoms with van der Waals surface area (Å²) < 4.78 is 13.0. The SMILES string of the molecule is N#CC[C@H](N)c1cc(F)c(O)c(Cl)c1. The Balaban J connectivity index is 3.07. The van der Waals surface area contributed by atoms with Gasteiger partial charge in [0.05, 0.1) is 17.5 Å². The van der Waals surface area contributed by atoms with Gasteiger partial charge < -0.3 is 10.8 Å². The average molecular weight is 215 g/mol. The normalized spacial score (nSPS) is 12.1. The molecule has 0 spiro atoms. The topological polar surface area (TPSA) is 70.0 Å². The van der Waals surface area contributed by atoms with E-state index in [1.54, 1.807) is 0 Å². The van der Waals surface area contributed by atoms with E-state index in [1.165, 1.54) is 6.07 Å². The minimum absolute atomic E-state index is 0.0700. The summed E-state index contributed by atoms with van der Waals surface area (Å²) in [6.07, 6.45) is 0.0700. The van der Waals surface area contributed by atoms with Gasteiger partial charge in [-0.2, -0.15) is 5.26 Å². The third-order valence-corrected chi connectivity index (χ3v) is 2.07. The molecule has 14 heavy (non-hydrogen) atoms. The number of nitrogens with zero attached hydrogens (tertiary/aromatic N) is 1. The molecule has 1 atom stereocenters. The largest absolute Gasteiger partial charge is 0.504 e. The fourth-order valence-corrected chi connectivity index (χ4v) is 1.23. The molecule has 0 radical (unpaired) electrons. The third kappa shape index (κ3) is 2.13. The van der Waals surface area contributed by atoms with Crippen molar-refractivity contribution < 1.29 is 9.50 Å². The number of phenols is 1. The molecule has 0 aliphatic rings. The zero-order valence-corrected chi connectivity index (χ0v) is 7.92. The van der Waals surface area contributed by atoms with Gasteiger partial charge in [0, 0.05) is 6.04 Å². The van der Waals surface area contributed by atoms with Gasteiger partial charge in [-0.15, -0.1) is 0 Å². The van der Waals surface area contributed by atoms with Crippen molar-refractivity contribution in [2.75, 3.05) is 0 Å². The molecule has 0 aromatic heterocycles. The second-order valence-electron chi connectivity index (χ2n) is 2.80. The summed E-state index contributed by atoms with van der Waals surface area (Å²) in [5, 5.41) is 17.3. The summed E-state index contributed by atoms with van der Waals surface area (Å²) in [5.74, 6) is -1.43. The summed E-state index contributed by atoms with van der Waals surface area (Å²) in [5.41, 5.74) is 5.96. The monoisotopic (exact) mass is 214 g/mol. The van der Waals surface area contributed by atoms with Gasteiger partial charge >= 0.3 is 0 Å². The summed E-state index contributed by atoms with van der Waals surface area (Å²) in [6.45, 7) is 0. The Morgan fingerprint density at radius 1 is 1.64 bits per heavy atom. The first kappa shape index (κ1) is 10.8. The Labute approximate surface area is 85.5 Å². The fourth-order valence-electron chi connectivity index (χ4n) is 1.02. The zero-order valence-electron chi connectivity index (χ0n) is 7.17. The molecule has 3 nitrogen and oxygen atoms in total. The van der Waals surface area contributed by atoms with Crippen molar-refractivity contribution in [2.45, 2.75) is 12.5 Å². The van der Waals surface area contributed by atoms with E-state index < -0.39 is 17.6 Å². The van der Waals surface area contributed by atoms with Crippen molar-refractivity contribution >= 4 is 11.6 Å². The molecule has 74 valence electrons. The third-order valence-electron chi connectivity index (χ3n) is 1.78. The van der Waals surface area contributed by atoms with Crippen LogP contribution in [0.4, 0.5) is 4.39 Å². The van der Waals surface area contributed by atoms with Gasteiger partial charge in [0.25, 0.3) is 0 Å². The van der Waals surface area contributed by atoms with Crippen LogP contribution < -0.4 is 5.73 Å². The van der Waals surface area contributed by atoms with Crippen molar-refractivity contribution in [2.24, 2.45) is 5.73 Å². The fraction of sp³-hybridized carbons (Fsp3) is 0.222. The molecular formula is C9H8ClFN2O. The van der Waals surface area contributed by atoms with E-state index in [1.807, 2.05) is 6.07 Å². The highest BCUT2D eigenvalue weighted by atomic mass is 35.5. The van der Waals surface area contributed by atoms with Gasteiger partial charge in [-0.3, -0.25) is 0 Å². The molecule has 0 unspecified atom stereocenters. The predicted molar refractivity (Wildman–Crippen MR) is 50.2 cm³/mol. The van der Waals surface area contributed by atoms with E-state index in [0.29, 0.717) is 5.56 Å². The number of rotatable bonds is 2. The molecule has 5 heteroatoms. The Hall–Kier alpha value is -1.31. The quantitative estimate of drug-likeness (QED) is 0.792. The van der Waals surface area contributed by atoms with Gasteiger partial charge in [-0.25, -0.2) is 4.39 Å². The van der Waals surface area contributed by atoms with Crippen LogP contribution in [0.15, 0.2) is 12.1 Å². The molecule has 0 fully saturated rings. The number of hydrogen-bond donors (Lipinski definition) is 2. The molecule has 0 heterocycles. The number of halogens is 2. The van der Waals surface area contributed by atoms with Crippen molar-refractivity contribution in [3.05, 3.63) is 28.5 Å². The maximum atomic E-state index is 13.0. The Morgan fingerprint density at radius 2 is 2.29 bits per heavy atom. The smallest absolute Gasteiger partial charge is 0.170 e. The maximum absolute atomic E-state index is 13.0. The Bertz CT molecular complexity index is 366. The summed E-state index contributed by atoms with van der Waals surface area (Å²) in [4.78, 5) is 0. The number of benzene rings is 1. The van der Waals surface area contributed by atoms with E-state index in [9.17, 15) is 4.39 Å². The van der Waals surface area contributed by atoms with Crippen molar-refractivity contribution in [3.8, 4) is 11.8 Å². The van der Waals surface area contributed by atoms with Crippen molar-refractivity contribution in [1.82, 2.24) is 0 Å². The molecule has 0 aliphatic carbocycles. The van der Waals surface area contributed by atoms with Crippen LogP contribution in [-0.2, 0) is 0 Å². The van der Waals surface area contributed by atoms with Crippen LogP contribution in [0.25, 0.3) is 0 Å². The Morgan fingerprint density at radius 3 is 2.79 bits per heavy atom. The first-order chi connectivity index (χ1) is 6.56. The lowest BCUT2D eigenvalue weighted by atomic mass is 10.1. The van der Waals surface area contributed by atoms with E-state index >= 15 is 0 Å². The summed E-state index contributed by atoms with van der Waals surface area (Å²) in [6, 6.07) is 3.70. The molecule has 0 bridgehead atoms. The van der Waals surface area contributed by atoms with Gasteiger partial charge in [-0.05, 0) is 17.7 Å². The van der Waals surface area contributed by atoms with Crippen LogP contribution in [0, 0.1) is 17.1 Å². The van der Waals surface area contributed by atoms with E-state index in [2.05, 4.69) is 0 Å². The molecule has 1 aromatic carbocycles. The molecular weight excluding hydrogens is 207 g/mol. The number of nitriles is 1. The highest BCUT2D eigenvalue weighted by molar-refractivity contribution is 6.32. The minimum Gasteiger partial charge on any atom is -0.504 e. The number of phenolic OH excluding ortho intramolecular Hbond substituents is 1. The van der Waals surface area contributed by atoms with Crippen LogP contribution in [0.2, 0.25) is 5.02 Å². The minimum atomic E-state index is -0.833. The highest BCUT2D eigenvalue weighted by Crippen LogP contribution is 2.30. The predicted octanol–water partition coefficient (Wildman–Crippen LogP) is 2.10. The Kier molecular flexibility index (Phi) is 3.28. The van der Waals surface area contributed by atoms with Crippen LogP contribution in [0.1, 0.15) is 18.0 Å². The zero-order chi connectivity index (χ0) is 10.7. The lowest BCUT2D eigenvalue weighted by Gasteiger charge is -2.09. The first-order valence-electron chi connectivity index (χ1n) is 3.86. The first-order valence-corrected chi connectivity index (χ1v) is 4.24. The number of hydrogen-bond acceptors (Lipinski definition) is 3. The van der Waals surface area contributed by atoms with Gasteiger partial charge in [0.15, 0.2) is 11.6 Å². The van der Waals surface area contributed by atoms with Gasteiger partial charge in [0.2, 0.25) is 0 Å². The van der Waals surface area contributed by atoms with Crippen molar-refractivity contribution in [3.63, 3.8) is 0 Å². The summed E-state index contributed by atoms with van der Waals surface area (Å²) >= 11 is 5.53. The van der Waals surface area contributed by atoms with Crippen LogP contribution in [-0.4, -0.2) is 5.11 Å². The molecule has 0 aliphatic heterocycles.